The lowest BCUT2D eigenvalue weighted by molar-refractivity contribution is 0.162. The number of pyridine rings is 1. The van der Waals surface area contributed by atoms with Crippen LogP contribution in [0.4, 0.5) is 5.69 Å². The van der Waals surface area contributed by atoms with Gasteiger partial charge in [-0.25, -0.2) is 0 Å². The van der Waals surface area contributed by atoms with E-state index in [9.17, 15) is 5.11 Å². The van der Waals surface area contributed by atoms with Crippen LogP contribution in [-0.4, -0.2) is 34.7 Å². The summed E-state index contributed by atoms with van der Waals surface area (Å²) in [5.74, 6) is 5.32. The molecule has 0 fully saturated rings. The Labute approximate surface area is 96.3 Å². The molecule has 16 heavy (non-hydrogen) atoms. The fourth-order valence-electron chi connectivity index (χ4n) is 1.42. The second-order valence-electron chi connectivity index (χ2n) is 4.06. The summed E-state index contributed by atoms with van der Waals surface area (Å²) in [6, 6.07) is 3.73. The number of nitrogens with two attached hydrogens (primary N) is 1. The van der Waals surface area contributed by atoms with Crippen LogP contribution in [0.15, 0.2) is 18.3 Å². The molecule has 0 radical (unpaired) electrons. The summed E-state index contributed by atoms with van der Waals surface area (Å²) >= 11 is 0. The first-order valence-corrected chi connectivity index (χ1v) is 5.40. The van der Waals surface area contributed by atoms with Gasteiger partial charge in [0, 0.05) is 19.3 Å². The van der Waals surface area contributed by atoms with E-state index in [4.69, 9.17) is 5.84 Å². The number of nitrogen functional groups attached to an aromatic ring is 1. The van der Waals surface area contributed by atoms with E-state index in [2.05, 4.69) is 15.3 Å². The van der Waals surface area contributed by atoms with Crippen LogP contribution < -0.4 is 11.3 Å². The average molecular weight is 224 g/mol. The highest BCUT2D eigenvalue weighted by Crippen LogP contribution is 2.08. The molecule has 0 aliphatic rings. The molecule has 0 aliphatic heterocycles. The van der Waals surface area contributed by atoms with Crippen molar-refractivity contribution in [3.05, 3.63) is 24.0 Å². The standard InChI is InChI=1S/C11H20N4O/c1-9(16)4-6-15(2)8-11-7-10(14-12)3-5-13-11/h3,5,7,9,16H,4,6,8,12H2,1-2H3,(H,13,14). The van der Waals surface area contributed by atoms with Crippen LogP contribution in [0.1, 0.15) is 19.0 Å². The minimum absolute atomic E-state index is 0.257. The zero-order valence-electron chi connectivity index (χ0n) is 9.85. The van der Waals surface area contributed by atoms with Crippen LogP contribution in [0.2, 0.25) is 0 Å². The molecule has 0 saturated carbocycles. The van der Waals surface area contributed by atoms with E-state index in [1.165, 1.54) is 0 Å². The summed E-state index contributed by atoms with van der Waals surface area (Å²) in [6.07, 6.45) is 2.24. The topological polar surface area (TPSA) is 74.4 Å². The molecule has 0 saturated heterocycles. The Kier molecular flexibility index (Phi) is 5.18. The number of nitrogens with zero attached hydrogens (tertiary/aromatic N) is 2. The maximum atomic E-state index is 9.18. The van der Waals surface area contributed by atoms with Crippen LogP contribution in [0.3, 0.4) is 0 Å². The number of anilines is 1. The van der Waals surface area contributed by atoms with E-state index in [0.717, 1.165) is 30.9 Å². The number of aromatic nitrogens is 1. The molecule has 0 aliphatic carbocycles. The molecule has 5 heteroatoms. The second kappa shape index (κ2) is 6.42. The first-order valence-electron chi connectivity index (χ1n) is 5.40. The number of hydrogen-bond donors (Lipinski definition) is 3. The maximum absolute atomic E-state index is 9.18. The number of rotatable bonds is 6. The Morgan fingerprint density at radius 3 is 3.00 bits per heavy atom. The van der Waals surface area contributed by atoms with E-state index in [-0.39, 0.29) is 6.10 Å². The molecular weight excluding hydrogens is 204 g/mol. The van der Waals surface area contributed by atoms with Crippen LogP contribution in [0, 0.1) is 0 Å². The Morgan fingerprint density at radius 1 is 1.62 bits per heavy atom. The fourth-order valence-corrected chi connectivity index (χ4v) is 1.42. The van der Waals surface area contributed by atoms with Gasteiger partial charge in [-0.05, 0) is 32.5 Å². The molecule has 0 amide bonds. The summed E-state index contributed by atoms with van der Waals surface area (Å²) in [5.41, 5.74) is 4.41. The minimum atomic E-state index is -0.257. The third kappa shape index (κ3) is 4.57. The Hall–Kier alpha value is -1.17. The fraction of sp³-hybridized carbons (Fsp3) is 0.545. The molecule has 1 aromatic rings. The third-order valence-corrected chi connectivity index (χ3v) is 2.34. The van der Waals surface area contributed by atoms with Gasteiger partial charge in [-0.2, -0.15) is 0 Å². The number of aliphatic hydroxyl groups is 1. The lowest BCUT2D eigenvalue weighted by atomic mass is 10.2. The van der Waals surface area contributed by atoms with E-state index in [1.54, 1.807) is 13.1 Å². The van der Waals surface area contributed by atoms with Crippen molar-refractivity contribution in [2.75, 3.05) is 19.0 Å². The highest BCUT2D eigenvalue weighted by Gasteiger charge is 2.04. The van der Waals surface area contributed by atoms with Gasteiger partial charge in [0.15, 0.2) is 0 Å². The largest absolute Gasteiger partial charge is 0.393 e. The smallest absolute Gasteiger partial charge is 0.0564 e. The third-order valence-electron chi connectivity index (χ3n) is 2.34. The molecule has 4 N–H and O–H groups in total. The number of nitrogens with one attached hydrogen (secondary N) is 1. The SMILES string of the molecule is CC(O)CCN(C)Cc1cc(NN)ccn1. The summed E-state index contributed by atoms with van der Waals surface area (Å²) in [4.78, 5) is 6.38. The number of hydrogen-bond acceptors (Lipinski definition) is 5. The Morgan fingerprint density at radius 2 is 2.38 bits per heavy atom. The van der Waals surface area contributed by atoms with Gasteiger partial charge in [-0.15, -0.1) is 0 Å². The Balaban J connectivity index is 2.45. The summed E-state index contributed by atoms with van der Waals surface area (Å²) in [5, 5.41) is 9.18. The molecule has 1 unspecified atom stereocenters. The van der Waals surface area contributed by atoms with Gasteiger partial charge in [0.1, 0.15) is 0 Å². The van der Waals surface area contributed by atoms with Crippen molar-refractivity contribution in [1.82, 2.24) is 9.88 Å². The Bertz CT molecular complexity index is 317. The monoisotopic (exact) mass is 224 g/mol. The highest BCUT2D eigenvalue weighted by molar-refractivity contribution is 5.41. The maximum Gasteiger partial charge on any atom is 0.0564 e. The van der Waals surface area contributed by atoms with Crippen molar-refractivity contribution >= 4 is 5.69 Å². The zero-order chi connectivity index (χ0) is 12.0. The first kappa shape index (κ1) is 12.9. The van der Waals surface area contributed by atoms with Gasteiger partial charge in [-0.1, -0.05) is 0 Å². The molecule has 5 nitrogen and oxygen atoms in total. The molecule has 0 spiro atoms. The normalized spacial score (nSPS) is 12.8. The van der Waals surface area contributed by atoms with Gasteiger partial charge in [0.05, 0.1) is 17.5 Å². The molecule has 1 rings (SSSR count). The van der Waals surface area contributed by atoms with Crippen LogP contribution in [0.25, 0.3) is 0 Å². The summed E-state index contributed by atoms with van der Waals surface area (Å²) in [7, 11) is 2.01. The minimum Gasteiger partial charge on any atom is -0.393 e. The van der Waals surface area contributed by atoms with Crippen molar-refractivity contribution in [3.63, 3.8) is 0 Å². The second-order valence-corrected chi connectivity index (χ2v) is 4.06. The summed E-state index contributed by atoms with van der Waals surface area (Å²) < 4.78 is 0. The lowest BCUT2D eigenvalue weighted by Crippen LogP contribution is -2.22. The van der Waals surface area contributed by atoms with E-state index < -0.39 is 0 Å². The number of hydrazine groups is 1. The van der Waals surface area contributed by atoms with E-state index in [1.807, 2.05) is 19.2 Å². The van der Waals surface area contributed by atoms with Crippen molar-refractivity contribution in [1.29, 1.82) is 0 Å². The van der Waals surface area contributed by atoms with Crippen LogP contribution in [-0.2, 0) is 6.54 Å². The van der Waals surface area contributed by atoms with Crippen LogP contribution >= 0.6 is 0 Å². The van der Waals surface area contributed by atoms with Gasteiger partial charge in [0.2, 0.25) is 0 Å². The van der Waals surface area contributed by atoms with Gasteiger partial charge < -0.3 is 15.4 Å². The molecule has 1 atom stereocenters. The molecule has 0 bridgehead atoms. The van der Waals surface area contributed by atoms with Gasteiger partial charge in [-0.3, -0.25) is 10.8 Å². The average Bonchev–Trinajstić information content (AvgIpc) is 2.26. The van der Waals surface area contributed by atoms with E-state index >= 15 is 0 Å². The first-order chi connectivity index (χ1) is 7.61. The van der Waals surface area contributed by atoms with Crippen molar-refractivity contribution in [3.8, 4) is 0 Å². The molecule has 1 aromatic heterocycles. The zero-order valence-corrected chi connectivity index (χ0v) is 9.85. The van der Waals surface area contributed by atoms with Crippen molar-refractivity contribution < 1.29 is 5.11 Å². The quantitative estimate of drug-likeness (QED) is 0.486. The van der Waals surface area contributed by atoms with Crippen molar-refractivity contribution in [2.24, 2.45) is 5.84 Å². The predicted molar refractivity (Wildman–Crippen MR) is 64.7 cm³/mol. The molecule has 90 valence electrons. The number of aliphatic hydroxyl groups excluding tert-OH is 1. The van der Waals surface area contributed by atoms with E-state index in [0.29, 0.717) is 0 Å². The molecule has 0 aromatic carbocycles. The predicted octanol–water partition coefficient (Wildman–Crippen LogP) is 0.570. The van der Waals surface area contributed by atoms with Crippen LogP contribution in [0.5, 0.6) is 0 Å². The molecular formula is C11H20N4O. The van der Waals surface area contributed by atoms with Gasteiger partial charge in [0.25, 0.3) is 0 Å². The van der Waals surface area contributed by atoms with Gasteiger partial charge >= 0.3 is 0 Å². The lowest BCUT2D eigenvalue weighted by Gasteiger charge is -2.17. The van der Waals surface area contributed by atoms with Crippen molar-refractivity contribution in [2.45, 2.75) is 26.0 Å². The molecule has 1 heterocycles. The highest BCUT2D eigenvalue weighted by atomic mass is 16.3. The summed E-state index contributed by atoms with van der Waals surface area (Å²) in [6.45, 7) is 3.40.